The highest BCUT2D eigenvalue weighted by molar-refractivity contribution is 6.33. The van der Waals surface area contributed by atoms with Crippen LogP contribution < -0.4 is 10.5 Å². The average molecular weight is 300 g/mol. The number of methoxy groups -OCH3 is 1. The minimum atomic E-state index is 0.582. The summed E-state index contributed by atoms with van der Waals surface area (Å²) < 4.78 is 6.88. The van der Waals surface area contributed by atoms with Gasteiger partial charge in [-0.2, -0.15) is 5.10 Å². The van der Waals surface area contributed by atoms with E-state index >= 15 is 0 Å². The summed E-state index contributed by atoms with van der Waals surface area (Å²) in [6, 6.07) is 15.1. The molecule has 0 aliphatic heterocycles. The number of benzene rings is 2. The van der Waals surface area contributed by atoms with Gasteiger partial charge in [-0.25, -0.2) is 4.68 Å². The van der Waals surface area contributed by atoms with Crippen LogP contribution in [0.1, 0.15) is 0 Å². The summed E-state index contributed by atoms with van der Waals surface area (Å²) in [6.45, 7) is 0. The first-order valence-corrected chi connectivity index (χ1v) is 6.81. The Morgan fingerprint density at radius 1 is 1.10 bits per heavy atom. The van der Waals surface area contributed by atoms with E-state index in [9.17, 15) is 0 Å². The van der Waals surface area contributed by atoms with E-state index in [0.717, 1.165) is 17.0 Å². The molecule has 0 aliphatic rings. The summed E-state index contributed by atoms with van der Waals surface area (Å²) in [5.74, 6) is 0.796. The highest BCUT2D eigenvalue weighted by Gasteiger charge is 2.12. The van der Waals surface area contributed by atoms with E-state index in [-0.39, 0.29) is 0 Å². The number of ether oxygens (including phenoxy) is 1. The molecule has 0 aliphatic carbocycles. The topological polar surface area (TPSA) is 53.1 Å². The number of halogens is 1. The van der Waals surface area contributed by atoms with Gasteiger partial charge in [0.15, 0.2) is 0 Å². The van der Waals surface area contributed by atoms with Crippen molar-refractivity contribution in [3.8, 4) is 22.7 Å². The van der Waals surface area contributed by atoms with Gasteiger partial charge < -0.3 is 10.5 Å². The summed E-state index contributed by atoms with van der Waals surface area (Å²) in [7, 11) is 1.64. The van der Waals surface area contributed by atoms with Crippen LogP contribution in [0.15, 0.2) is 54.7 Å². The normalized spacial score (nSPS) is 10.6. The minimum absolute atomic E-state index is 0.582. The highest BCUT2D eigenvalue weighted by Crippen LogP contribution is 2.31. The van der Waals surface area contributed by atoms with Gasteiger partial charge in [-0.3, -0.25) is 0 Å². The molecule has 0 amide bonds. The Balaban J connectivity index is 2.03. The molecular weight excluding hydrogens is 286 g/mol. The number of anilines is 1. The second-order valence-corrected chi connectivity index (χ2v) is 4.96. The molecule has 3 rings (SSSR count). The number of nitrogens with zero attached hydrogens (tertiary/aromatic N) is 2. The van der Waals surface area contributed by atoms with Crippen molar-refractivity contribution in [2.45, 2.75) is 0 Å². The lowest BCUT2D eigenvalue weighted by molar-refractivity contribution is 0.414. The van der Waals surface area contributed by atoms with Crippen LogP contribution in [0.4, 0.5) is 5.69 Å². The summed E-state index contributed by atoms with van der Waals surface area (Å²) in [5.41, 5.74) is 9.06. The van der Waals surface area contributed by atoms with Gasteiger partial charge >= 0.3 is 0 Å². The fourth-order valence-electron chi connectivity index (χ4n) is 2.12. The third-order valence-corrected chi connectivity index (χ3v) is 3.54. The number of hydrogen-bond acceptors (Lipinski definition) is 3. The lowest BCUT2D eigenvalue weighted by Crippen LogP contribution is -1.95. The van der Waals surface area contributed by atoms with Gasteiger partial charge in [0.05, 0.1) is 29.7 Å². The van der Waals surface area contributed by atoms with E-state index in [1.165, 1.54) is 0 Å². The summed E-state index contributed by atoms with van der Waals surface area (Å²) in [5, 5.41) is 5.16. The van der Waals surface area contributed by atoms with Crippen LogP contribution in [0.3, 0.4) is 0 Å². The van der Waals surface area contributed by atoms with E-state index in [2.05, 4.69) is 5.10 Å². The van der Waals surface area contributed by atoms with Crippen molar-refractivity contribution in [3.63, 3.8) is 0 Å². The van der Waals surface area contributed by atoms with E-state index in [1.807, 2.05) is 48.5 Å². The molecule has 1 aromatic heterocycles. The maximum Gasteiger partial charge on any atom is 0.119 e. The Kier molecular flexibility index (Phi) is 3.54. The maximum atomic E-state index is 6.20. The second kappa shape index (κ2) is 5.50. The lowest BCUT2D eigenvalue weighted by Gasteiger charge is -2.03. The molecule has 1 heterocycles. The predicted molar refractivity (Wildman–Crippen MR) is 85.0 cm³/mol. The molecule has 0 spiro atoms. The van der Waals surface area contributed by atoms with Crippen molar-refractivity contribution in [1.82, 2.24) is 9.78 Å². The van der Waals surface area contributed by atoms with E-state index in [4.69, 9.17) is 22.1 Å². The Morgan fingerprint density at radius 3 is 2.48 bits per heavy atom. The molecule has 0 saturated heterocycles. The van der Waals surface area contributed by atoms with Gasteiger partial charge in [-0.1, -0.05) is 29.8 Å². The Hall–Kier alpha value is -2.46. The fraction of sp³-hybridized carbons (Fsp3) is 0.0625. The molecule has 0 unspecified atom stereocenters. The number of aromatic nitrogens is 2. The Labute approximate surface area is 127 Å². The van der Waals surface area contributed by atoms with Gasteiger partial charge in [0, 0.05) is 5.56 Å². The van der Waals surface area contributed by atoms with Crippen LogP contribution in [-0.2, 0) is 0 Å². The second-order valence-electron chi connectivity index (χ2n) is 4.56. The zero-order valence-electron chi connectivity index (χ0n) is 11.5. The third-order valence-electron chi connectivity index (χ3n) is 3.21. The predicted octanol–water partition coefficient (Wildman–Crippen LogP) is 3.78. The zero-order chi connectivity index (χ0) is 14.8. The van der Waals surface area contributed by atoms with Crippen molar-refractivity contribution in [3.05, 3.63) is 59.8 Å². The molecule has 0 radical (unpaired) electrons. The molecule has 106 valence electrons. The van der Waals surface area contributed by atoms with Crippen molar-refractivity contribution in [1.29, 1.82) is 0 Å². The van der Waals surface area contributed by atoms with Crippen molar-refractivity contribution < 1.29 is 4.74 Å². The van der Waals surface area contributed by atoms with Gasteiger partial charge in [-0.15, -0.1) is 0 Å². The fourth-order valence-corrected chi connectivity index (χ4v) is 2.34. The molecule has 4 nitrogen and oxygen atoms in total. The van der Waals surface area contributed by atoms with Crippen LogP contribution in [0, 0.1) is 0 Å². The quantitative estimate of drug-likeness (QED) is 0.800. The molecule has 21 heavy (non-hydrogen) atoms. The van der Waals surface area contributed by atoms with E-state index in [0.29, 0.717) is 16.4 Å². The standard InChI is InChI=1S/C16H14ClN3O/c1-21-12-8-6-11(7-9-12)20-10-15(18)16(19-20)13-4-2-3-5-14(13)17/h2-10H,18H2,1H3. The zero-order valence-corrected chi connectivity index (χ0v) is 12.2. The summed E-state index contributed by atoms with van der Waals surface area (Å²) in [4.78, 5) is 0. The number of nitrogens with two attached hydrogens (primary N) is 1. The van der Waals surface area contributed by atoms with E-state index < -0.39 is 0 Å². The van der Waals surface area contributed by atoms with Crippen LogP contribution in [0.2, 0.25) is 5.02 Å². The van der Waals surface area contributed by atoms with Crippen molar-refractivity contribution in [2.24, 2.45) is 0 Å². The maximum absolute atomic E-state index is 6.20. The largest absolute Gasteiger partial charge is 0.497 e. The van der Waals surface area contributed by atoms with Gasteiger partial charge in [0.1, 0.15) is 11.4 Å². The molecule has 3 aromatic rings. The average Bonchev–Trinajstić information content (AvgIpc) is 2.90. The molecule has 0 bridgehead atoms. The molecule has 2 N–H and O–H groups in total. The van der Waals surface area contributed by atoms with E-state index in [1.54, 1.807) is 18.0 Å². The van der Waals surface area contributed by atoms with Crippen LogP contribution in [0.25, 0.3) is 16.9 Å². The summed E-state index contributed by atoms with van der Waals surface area (Å²) in [6.07, 6.45) is 1.78. The Morgan fingerprint density at radius 2 is 1.81 bits per heavy atom. The first-order chi connectivity index (χ1) is 10.2. The van der Waals surface area contributed by atoms with Gasteiger partial charge in [0.2, 0.25) is 0 Å². The van der Waals surface area contributed by atoms with Crippen LogP contribution in [0.5, 0.6) is 5.75 Å². The molecule has 2 aromatic carbocycles. The Bertz CT molecular complexity index is 765. The minimum Gasteiger partial charge on any atom is -0.497 e. The lowest BCUT2D eigenvalue weighted by atomic mass is 10.1. The molecule has 0 saturated carbocycles. The van der Waals surface area contributed by atoms with Crippen LogP contribution in [-0.4, -0.2) is 16.9 Å². The first kappa shape index (κ1) is 13.5. The number of nitrogen functional groups attached to an aromatic ring is 1. The molecule has 5 heteroatoms. The molecular formula is C16H14ClN3O. The first-order valence-electron chi connectivity index (χ1n) is 6.43. The SMILES string of the molecule is COc1ccc(-n2cc(N)c(-c3ccccc3Cl)n2)cc1. The van der Waals surface area contributed by atoms with Crippen molar-refractivity contribution in [2.75, 3.05) is 12.8 Å². The van der Waals surface area contributed by atoms with Crippen molar-refractivity contribution >= 4 is 17.3 Å². The third kappa shape index (κ3) is 2.58. The monoisotopic (exact) mass is 299 g/mol. The number of rotatable bonds is 3. The van der Waals surface area contributed by atoms with Crippen LogP contribution >= 0.6 is 11.6 Å². The summed E-state index contributed by atoms with van der Waals surface area (Å²) >= 11 is 6.20. The molecule has 0 atom stereocenters. The highest BCUT2D eigenvalue weighted by atomic mass is 35.5. The smallest absolute Gasteiger partial charge is 0.119 e. The van der Waals surface area contributed by atoms with Gasteiger partial charge in [-0.05, 0) is 30.3 Å². The number of hydrogen-bond donors (Lipinski definition) is 1. The van der Waals surface area contributed by atoms with Gasteiger partial charge in [0.25, 0.3) is 0 Å². The molecule has 0 fully saturated rings.